The Kier molecular flexibility index (Phi) is 4.77. The Morgan fingerprint density at radius 1 is 0.963 bits per heavy atom. The fraction of sp³-hybridized carbons (Fsp3) is 0.200. The van der Waals surface area contributed by atoms with Crippen molar-refractivity contribution in [2.24, 2.45) is 0 Å². The zero-order valence-electron chi connectivity index (χ0n) is 14.8. The first-order valence-corrected chi connectivity index (χ1v) is 9.68. The number of hydrogen-bond donors (Lipinski definition) is 0. The minimum Gasteiger partial charge on any atom is -0.301 e. The van der Waals surface area contributed by atoms with Gasteiger partial charge in [-0.05, 0) is 24.6 Å². The lowest BCUT2D eigenvalue weighted by Crippen LogP contribution is -2.31. The Hall–Kier alpha value is -2.93. The minimum absolute atomic E-state index is 0.100. The normalized spacial score (nSPS) is 14.5. The van der Waals surface area contributed by atoms with Crippen LogP contribution in [0.25, 0.3) is 0 Å². The van der Waals surface area contributed by atoms with Gasteiger partial charge in [-0.25, -0.2) is 0 Å². The van der Waals surface area contributed by atoms with Crippen LogP contribution in [-0.4, -0.2) is 43.8 Å². The van der Waals surface area contributed by atoms with Crippen LogP contribution >= 0.6 is 11.8 Å². The van der Waals surface area contributed by atoms with Crippen molar-refractivity contribution in [3.8, 4) is 0 Å². The highest BCUT2D eigenvalue weighted by Crippen LogP contribution is 2.26. The lowest BCUT2D eigenvalue weighted by atomic mass is 10.1. The molecule has 0 radical (unpaired) electrons. The fourth-order valence-corrected chi connectivity index (χ4v) is 4.08. The van der Waals surface area contributed by atoms with E-state index in [9.17, 15) is 9.59 Å². The number of carbonyl (C=O) groups is 2. The molecule has 1 aromatic heterocycles. The molecular formula is C20H18N4O2S. The van der Waals surface area contributed by atoms with Crippen molar-refractivity contribution in [2.45, 2.75) is 18.1 Å². The number of nitrogens with zero attached hydrogens (tertiary/aromatic N) is 4. The Labute approximate surface area is 161 Å². The number of aromatic nitrogens is 3. The third-order valence-corrected chi connectivity index (χ3v) is 5.60. The summed E-state index contributed by atoms with van der Waals surface area (Å²) in [4.78, 5) is 26.1. The van der Waals surface area contributed by atoms with E-state index in [0.29, 0.717) is 23.4 Å². The summed E-state index contributed by atoms with van der Waals surface area (Å²) in [7, 11) is 0. The second kappa shape index (κ2) is 7.36. The molecule has 4 rings (SSSR count). The van der Waals surface area contributed by atoms with E-state index in [-0.39, 0.29) is 17.9 Å². The van der Waals surface area contributed by atoms with Gasteiger partial charge in [0.2, 0.25) is 0 Å². The summed E-state index contributed by atoms with van der Waals surface area (Å²) in [5, 5.41) is 8.98. The van der Waals surface area contributed by atoms with Crippen LogP contribution in [0.5, 0.6) is 0 Å². The topological polar surface area (TPSA) is 68.1 Å². The van der Waals surface area contributed by atoms with Crippen molar-refractivity contribution in [2.75, 3.05) is 12.3 Å². The predicted octanol–water partition coefficient (Wildman–Crippen LogP) is 3.28. The SMILES string of the molecule is C[C@H](c1ccccc1)n1cnnc1SCCN1C(=O)c2ccccc2C1=O. The maximum atomic E-state index is 12.4. The number of amides is 2. The van der Waals surface area contributed by atoms with Crippen molar-refractivity contribution in [3.63, 3.8) is 0 Å². The largest absolute Gasteiger partial charge is 0.301 e. The molecule has 0 N–H and O–H groups in total. The number of fused-ring (bicyclic) bond motifs is 1. The van der Waals surface area contributed by atoms with Gasteiger partial charge in [-0.1, -0.05) is 54.2 Å². The summed E-state index contributed by atoms with van der Waals surface area (Å²) in [6, 6.07) is 17.2. The van der Waals surface area contributed by atoms with Crippen molar-refractivity contribution >= 4 is 23.6 Å². The first kappa shape index (κ1) is 17.5. The van der Waals surface area contributed by atoms with Gasteiger partial charge in [-0.2, -0.15) is 0 Å². The highest BCUT2D eigenvalue weighted by atomic mass is 32.2. The third kappa shape index (κ3) is 3.26. The number of hydrogen-bond acceptors (Lipinski definition) is 5. The molecule has 1 aliphatic rings. The third-order valence-electron chi connectivity index (χ3n) is 4.66. The number of thioether (sulfide) groups is 1. The predicted molar refractivity (Wildman–Crippen MR) is 103 cm³/mol. The molecule has 136 valence electrons. The van der Waals surface area contributed by atoms with Crippen molar-refractivity contribution < 1.29 is 9.59 Å². The molecule has 2 amide bonds. The average molecular weight is 378 g/mol. The highest BCUT2D eigenvalue weighted by molar-refractivity contribution is 7.99. The van der Waals surface area contributed by atoms with E-state index < -0.39 is 0 Å². The summed E-state index contributed by atoms with van der Waals surface area (Å²) in [5.74, 6) is 0.108. The summed E-state index contributed by atoms with van der Waals surface area (Å²) >= 11 is 1.49. The standard InChI is InChI=1S/C20H18N4O2S/c1-14(15-7-3-2-4-8-15)24-13-21-22-20(24)27-12-11-23-18(25)16-9-5-6-10-17(16)19(23)26/h2-10,13-14H,11-12H2,1H3/t14-/m1/s1. The lowest BCUT2D eigenvalue weighted by molar-refractivity contribution is 0.0664. The Morgan fingerprint density at radius 2 is 1.59 bits per heavy atom. The van der Waals surface area contributed by atoms with Crippen LogP contribution in [0.1, 0.15) is 39.2 Å². The minimum atomic E-state index is -0.227. The number of imide groups is 1. The quantitative estimate of drug-likeness (QED) is 0.486. The molecule has 1 atom stereocenters. The second-order valence-electron chi connectivity index (χ2n) is 6.26. The van der Waals surface area contributed by atoms with Crippen LogP contribution in [0.15, 0.2) is 66.1 Å². The summed E-state index contributed by atoms with van der Waals surface area (Å²) < 4.78 is 2.00. The zero-order valence-corrected chi connectivity index (χ0v) is 15.6. The van der Waals surface area contributed by atoms with E-state index in [1.54, 1.807) is 30.6 Å². The molecule has 0 unspecified atom stereocenters. The Bertz CT molecular complexity index is 951. The number of rotatable bonds is 6. The molecule has 1 aliphatic heterocycles. The molecule has 27 heavy (non-hydrogen) atoms. The molecule has 6 nitrogen and oxygen atoms in total. The Morgan fingerprint density at radius 3 is 2.26 bits per heavy atom. The van der Waals surface area contributed by atoms with Crippen LogP contribution in [0.2, 0.25) is 0 Å². The first-order chi connectivity index (χ1) is 13.2. The monoisotopic (exact) mass is 378 g/mol. The van der Waals surface area contributed by atoms with Gasteiger partial charge in [0.05, 0.1) is 17.2 Å². The Balaban J connectivity index is 1.42. The number of benzene rings is 2. The van der Waals surface area contributed by atoms with Crippen LogP contribution in [0.4, 0.5) is 0 Å². The number of carbonyl (C=O) groups excluding carboxylic acids is 2. The molecule has 0 bridgehead atoms. The van der Waals surface area contributed by atoms with Crippen LogP contribution in [0, 0.1) is 0 Å². The average Bonchev–Trinajstić information content (AvgIpc) is 3.27. The van der Waals surface area contributed by atoms with E-state index in [0.717, 1.165) is 5.16 Å². The molecule has 0 fully saturated rings. The van der Waals surface area contributed by atoms with Crippen molar-refractivity contribution in [1.29, 1.82) is 0 Å². The van der Waals surface area contributed by atoms with E-state index in [1.165, 1.54) is 22.2 Å². The van der Waals surface area contributed by atoms with Gasteiger partial charge in [0.25, 0.3) is 11.8 Å². The maximum Gasteiger partial charge on any atom is 0.261 e. The summed E-state index contributed by atoms with van der Waals surface area (Å²) in [5.41, 5.74) is 2.13. The molecule has 0 spiro atoms. The van der Waals surface area contributed by atoms with Gasteiger partial charge in [-0.3, -0.25) is 14.5 Å². The molecule has 2 heterocycles. The molecule has 0 saturated carbocycles. The second-order valence-corrected chi connectivity index (χ2v) is 7.33. The molecule has 0 saturated heterocycles. The van der Waals surface area contributed by atoms with Gasteiger partial charge in [0.15, 0.2) is 5.16 Å². The lowest BCUT2D eigenvalue weighted by Gasteiger charge is -2.16. The smallest absolute Gasteiger partial charge is 0.261 e. The first-order valence-electron chi connectivity index (χ1n) is 8.69. The van der Waals surface area contributed by atoms with Crippen molar-refractivity contribution in [3.05, 3.63) is 77.6 Å². The van der Waals surface area contributed by atoms with Gasteiger partial charge < -0.3 is 4.57 Å². The maximum absolute atomic E-state index is 12.4. The molecule has 7 heteroatoms. The zero-order chi connectivity index (χ0) is 18.8. The summed E-state index contributed by atoms with van der Waals surface area (Å²) in [6.45, 7) is 2.43. The van der Waals surface area contributed by atoms with Crippen LogP contribution in [-0.2, 0) is 0 Å². The van der Waals surface area contributed by atoms with Gasteiger partial charge in [-0.15, -0.1) is 10.2 Å². The van der Waals surface area contributed by atoms with Gasteiger partial charge >= 0.3 is 0 Å². The highest BCUT2D eigenvalue weighted by Gasteiger charge is 2.34. The molecule has 3 aromatic rings. The van der Waals surface area contributed by atoms with Gasteiger partial charge in [0, 0.05) is 12.3 Å². The summed E-state index contributed by atoms with van der Waals surface area (Å²) in [6.07, 6.45) is 1.71. The van der Waals surface area contributed by atoms with Gasteiger partial charge in [0.1, 0.15) is 6.33 Å². The van der Waals surface area contributed by atoms with E-state index in [1.807, 2.05) is 22.8 Å². The molecular weight excluding hydrogens is 360 g/mol. The van der Waals surface area contributed by atoms with Crippen LogP contribution < -0.4 is 0 Å². The fourth-order valence-electron chi connectivity index (χ4n) is 3.16. The van der Waals surface area contributed by atoms with E-state index in [4.69, 9.17) is 0 Å². The molecule has 0 aliphatic carbocycles. The van der Waals surface area contributed by atoms with Crippen LogP contribution in [0.3, 0.4) is 0 Å². The van der Waals surface area contributed by atoms with E-state index >= 15 is 0 Å². The van der Waals surface area contributed by atoms with E-state index in [2.05, 4.69) is 29.3 Å². The molecule has 2 aromatic carbocycles. The van der Waals surface area contributed by atoms with Crippen molar-refractivity contribution in [1.82, 2.24) is 19.7 Å².